The first-order valence-electron chi connectivity index (χ1n) is 10.9. The summed E-state index contributed by atoms with van der Waals surface area (Å²) >= 11 is 0. The molecule has 0 atom stereocenters. The number of rotatable bonds is 7. The molecule has 0 aliphatic rings. The van der Waals surface area contributed by atoms with E-state index in [4.69, 9.17) is 4.42 Å². The molecule has 4 rings (SSSR count). The second-order valence-corrected chi connectivity index (χ2v) is 7.70. The summed E-state index contributed by atoms with van der Waals surface area (Å²) in [6.45, 7) is 10.4. The third-order valence-electron chi connectivity index (χ3n) is 5.73. The first-order chi connectivity index (χ1) is 15.5. The van der Waals surface area contributed by atoms with Crippen LogP contribution in [0.2, 0.25) is 0 Å². The van der Waals surface area contributed by atoms with Gasteiger partial charge in [-0.05, 0) is 70.2 Å². The van der Waals surface area contributed by atoms with Crippen LogP contribution >= 0.6 is 0 Å². The zero-order chi connectivity index (χ0) is 22.7. The lowest BCUT2D eigenvalue weighted by atomic mass is 10.2. The summed E-state index contributed by atoms with van der Waals surface area (Å²) in [4.78, 5) is 14.7. The van der Waals surface area contributed by atoms with E-state index in [0.29, 0.717) is 5.58 Å². The first kappa shape index (κ1) is 21.4. The molecule has 1 N–H and O–H groups in total. The molecule has 6 heteroatoms. The average Bonchev–Trinajstić information content (AvgIpc) is 3.36. The van der Waals surface area contributed by atoms with Gasteiger partial charge in [-0.25, -0.2) is 5.43 Å². The molecule has 6 nitrogen and oxygen atoms in total. The zero-order valence-corrected chi connectivity index (χ0v) is 18.9. The zero-order valence-electron chi connectivity index (χ0n) is 18.9. The lowest BCUT2D eigenvalue weighted by molar-refractivity contribution is 0.0929. The predicted molar refractivity (Wildman–Crippen MR) is 130 cm³/mol. The van der Waals surface area contributed by atoms with E-state index in [1.807, 2.05) is 31.2 Å². The first-order valence-corrected chi connectivity index (χ1v) is 10.9. The normalized spacial score (nSPS) is 11.4. The van der Waals surface area contributed by atoms with Crippen LogP contribution in [0.15, 0.2) is 70.2 Å². The van der Waals surface area contributed by atoms with Gasteiger partial charge >= 0.3 is 5.91 Å². The highest BCUT2D eigenvalue weighted by atomic mass is 16.3. The smallest absolute Gasteiger partial charge is 0.307 e. The van der Waals surface area contributed by atoms with Gasteiger partial charge in [0.15, 0.2) is 5.76 Å². The minimum absolute atomic E-state index is 0.238. The van der Waals surface area contributed by atoms with Crippen LogP contribution in [0.4, 0.5) is 5.69 Å². The fourth-order valence-electron chi connectivity index (χ4n) is 4.03. The van der Waals surface area contributed by atoms with Crippen LogP contribution < -0.4 is 10.3 Å². The van der Waals surface area contributed by atoms with Gasteiger partial charge in [0.25, 0.3) is 0 Å². The number of amides is 1. The molecule has 164 valence electrons. The van der Waals surface area contributed by atoms with Crippen LogP contribution in [-0.2, 0) is 0 Å². The van der Waals surface area contributed by atoms with Crippen LogP contribution in [0.1, 0.15) is 41.4 Å². The Kier molecular flexibility index (Phi) is 6.12. The third-order valence-corrected chi connectivity index (χ3v) is 5.73. The van der Waals surface area contributed by atoms with E-state index in [1.165, 1.54) is 5.69 Å². The molecule has 2 aromatic heterocycles. The van der Waals surface area contributed by atoms with Crippen molar-refractivity contribution in [1.82, 2.24) is 9.99 Å². The van der Waals surface area contributed by atoms with E-state index in [1.54, 1.807) is 12.3 Å². The van der Waals surface area contributed by atoms with Crippen molar-refractivity contribution in [3.63, 3.8) is 0 Å². The van der Waals surface area contributed by atoms with Crippen LogP contribution in [0.25, 0.3) is 16.7 Å². The Morgan fingerprint density at radius 3 is 2.47 bits per heavy atom. The van der Waals surface area contributed by atoms with E-state index in [9.17, 15) is 4.79 Å². The molecule has 2 aromatic carbocycles. The molecule has 32 heavy (non-hydrogen) atoms. The SMILES string of the molecule is CCN(CC)c1ccc(-n2c(C)cc(/C=N/NC(=O)c3cc4ccccc4o3)c2C)cc1. The van der Waals surface area contributed by atoms with Gasteiger partial charge < -0.3 is 13.9 Å². The van der Waals surface area contributed by atoms with E-state index >= 15 is 0 Å². The number of benzene rings is 2. The second-order valence-electron chi connectivity index (χ2n) is 7.70. The molecule has 2 heterocycles. The van der Waals surface area contributed by atoms with Gasteiger partial charge in [-0.15, -0.1) is 0 Å². The number of nitrogens with one attached hydrogen (secondary N) is 1. The number of hydrogen-bond acceptors (Lipinski definition) is 4. The number of carbonyl (C=O) groups excluding carboxylic acids is 1. The fourth-order valence-corrected chi connectivity index (χ4v) is 4.03. The van der Waals surface area contributed by atoms with Crippen molar-refractivity contribution in [2.75, 3.05) is 18.0 Å². The number of carbonyl (C=O) groups is 1. The molecule has 0 saturated carbocycles. The number of furan rings is 1. The van der Waals surface area contributed by atoms with E-state index in [0.717, 1.165) is 41.1 Å². The summed E-state index contributed by atoms with van der Waals surface area (Å²) in [6.07, 6.45) is 1.67. The monoisotopic (exact) mass is 428 g/mol. The van der Waals surface area contributed by atoms with Crippen molar-refractivity contribution < 1.29 is 9.21 Å². The quantitative estimate of drug-likeness (QED) is 0.314. The Balaban J connectivity index is 1.50. The Hall–Kier alpha value is -3.80. The highest BCUT2D eigenvalue weighted by Crippen LogP contribution is 2.23. The largest absolute Gasteiger partial charge is 0.451 e. The number of aromatic nitrogens is 1. The van der Waals surface area contributed by atoms with Gasteiger partial charge in [0.1, 0.15) is 5.58 Å². The topological polar surface area (TPSA) is 62.8 Å². The summed E-state index contributed by atoms with van der Waals surface area (Å²) in [6, 6.07) is 19.9. The average molecular weight is 429 g/mol. The number of aryl methyl sites for hydroxylation is 1. The van der Waals surface area contributed by atoms with Gasteiger partial charge in [0.05, 0.1) is 6.21 Å². The summed E-state index contributed by atoms with van der Waals surface area (Å²) in [5.74, 6) is -0.139. The highest BCUT2D eigenvalue weighted by molar-refractivity contribution is 5.96. The number of para-hydroxylation sites is 1. The van der Waals surface area contributed by atoms with E-state index in [2.05, 4.69) is 71.1 Å². The Bertz CT molecular complexity index is 1230. The minimum Gasteiger partial charge on any atom is -0.451 e. The number of hydrogen-bond donors (Lipinski definition) is 1. The number of fused-ring (bicyclic) bond motifs is 1. The molecule has 0 aliphatic heterocycles. The molecular formula is C26H28N4O2. The van der Waals surface area contributed by atoms with Crippen LogP contribution in [0.3, 0.4) is 0 Å². The van der Waals surface area contributed by atoms with Crippen molar-refractivity contribution in [3.8, 4) is 5.69 Å². The van der Waals surface area contributed by atoms with Gasteiger partial charge in [-0.2, -0.15) is 5.10 Å². The van der Waals surface area contributed by atoms with Crippen molar-refractivity contribution in [2.45, 2.75) is 27.7 Å². The Morgan fingerprint density at radius 1 is 1.06 bits per heavy atom. The lowest BCUT2D eigenvalue weighted by Crippen LogP contribution is -2.21. The summed E-state index contributed by atoms with van der Waals surface area (Å²) in [5.41, 5.74) is 8.65. The summed E-state index contributed by atoms with van der Waals surface area (Å²) in [7, 11) is 0. The molecule has 0 saturated heterocycles. The van der Waals surface area contributed by atoms with Crippen molar-refractivity contribution >= 4 is 28.8 Å². The summed E-state index contributed by atoms with van der Waals surface area (Å²) in [5, 5.41) is 5.04. The van der Waals surface area contributed by atoms with Crippen molar-refractivity contribution in [2.24, 2.45) is 5.10 Å². The Labute approximate surface area is 188 Å². The highest BCUT2D eigenvalue weighted by Gasteiger charge is 2.13. The molecule has 0 bridgehead atoms. The van der Waals surface area contributed by atoms with Gasteiger partial charge in [0, 0.05) is 46.8 Å². The second kappa shape index (κ2) is 9.14. The standard InChI is InChI=1S/C26H28N4O2/c1-5-29(6-2)22-11-13-23(14-12-22)30-18(3)15-21(19(30)4)17-27-28-26(31)25-16-20-9-7-8-10-24(20)32-25/h7-17H,5-6H2,1-4H3,(H,28,31)/b27-17+. The molecule has 0 spiro atoms. The van der Waals surface area contributed by atoms with Crippen molar-refractivity contribution in [1.29, 1.82) is 0 Å². The van der Waals surface area contributed by atoms with E-state index in [-0.39, 0.29) is 11.7 Å². The van der Waals surface area contributed by atoms with E-state index < -0.39 is 0 Å². The maximum Gasteiger partial charge on any atom is 0.307 e. The van der Waals surface area contributed by atoms with Gasteiger partial charge in [-0.1, -0.05) is 18.2 Å². The number of anilines is 1. The predicted octanol–water partition coefficient (Wildman–Crippen LogP) is 5.45. The lowest BCUT2D eigenvalue weighted by Gasteiger charge is -2.21. The van der Waals surface area contributed by atoms with Crippen molar-refractivity contribution in [3.05, 3.63) is 83.4 Å². The molecule has 0 unspecified atom stereocenters. The molecule has 0 aliphatic carbocycles. The maximum atomic E-state index is 12.4. The van der Waals surface area contributed by atoms with Crippen LogP contribution in [-0.4, -0.2) is 29.8 Å². The molecule has 0 radical (unpaired) electrons. The van der Waals surface area contributed by atoms with Crippen LogP contribution in [0.5, 0.6) is 0 Å². The third kappa shape index (κ3) is 4.17. The minimum atomic E-state index is -0.377. The van der Waals surface area contributed by atoms with Crippen LogP contribution in [0, 0.1) is 13.8 Å². The maximum absolute atomic E-state index is 12.4. The van der Waals surface area contributed by atoms with Gasteiger partial charge in [0.2, 0.25) is 0 Å². The number of nitrogens with zero attached hydrogens (tertiary/aromatic N) is 3. The Morgan fingerprint density at radius 2 is 1.78 bits per heavy atom. The fraction of sp³-hybridized carbons (Fsp3) is 0.231. The molecular weight excluding hydrogens is 400 g/mol. The number of hydrazone groups is 1. The molecule has 1 amide bonds. The molecule has 0 fully saturated rings. The molecule has 4 aromatic rings. The summed E-state index contributed by atoms with van der Waals surface area (Å²) < 4.78 is 7.78. The van der Waals surface area contributed by atoms with Gasteiger partial charge in [-0.3, -0.25) is 4.79 Å².